The third-order valence-electron chi connectivity index (χ3n) is 3.17. The summed E-state index contributed by atoms with van der Waals surface area (Å²) in [6, 6.07) is 1.82. The number of imidazole rings is 2. The third-order valence-corrected chi connectivity index (χ3v) is 3.56. The van der Waals surface area contributed by atoms with E-state index in [0.29, 0.717) is 23.9 Å². The Morgan fingerprint density at radius 3 is 2.80 bits per heavy atom. The molecule has 3 rings (SSSR count). The van der Waals surface area contributed by atoms with Crippen LogP contribution < -0.4 is 0 Å². The van der Waals surface area contributed by atoms with Gasteiger partial charge in [-0.05, 0) is 6.07 Å². The number of pyridine rings is 1. The van der Waals surface area contributed by atoms with Crippen LogP contribution in [0.5, 0.6) is 0 Å². The van der Waals surface area contributed by atoms with Crippen LogP contribution in [-0.2, 0) is 20.0 Å². The SMILES string of the molecule is Cn1ccnc1Cn1c(CCCl)nc2cc(Cl)cnc21. The van der Waals surface area contributed by atoms with Gasteiger partial charge in [-0.2, -0.15) is 0 Å². The Hall–Kier alpha value is -1.59. The van der Waals surface area contributed by atoms with Crippen LogP contribution in [0, 0.1) is 0 Å². The molecule has 20 heavy (non-hydrogen) atoms. The fourth-order valence-corrected chi connectivity index (χ4v) is 2.49. The Morgan fingerprint density at radius 1 is 1.25 bits per heavy atom. The summed E-state index contributed by atoms with van der Waals surface area (Å²) < 4.78 is 4.02. The van der Waals surface area contributed by atoms with E-state index in [-0.39, 0.29) is 0 Å². The molecule has 0 radical (unpaired) electrons. The van der Waals surface area contributed by atoms with E-state index in [4.69, 9.17) is 23.2 Å². The Balaban J connectivity index is 2.11. The topological polar surface area (TPSA) is 48.5 Å². The van der Waals surface area contributed by atoms with E-state index >= 15 is 0 Å². The van der Waals surface area contributed by atoms with Gasteiger partial charge in [-0.25, -0.2) is 15.0 Å². The predicted octanol–water partition coefficient (Wildman–Crippen LogP) is 2.65. The number of halogens is 2. The molecule has 104 valence electrons. The first-order valence-electron chi connectivity index (χ1n) is 6.22. The molecule has 0 unspecified atom stereocenters. The highest BCUT2D eigenvalue weighted by Crippen LogP contribution is 2.19. The van der Waals surface area contributed by atoms with Crippen molar-refractivity contribution in [2.45, 2.75) is 13.0 Å². The highest BCUT2D eigenvalue weighted by atomic mass is 35.5. The van der Waals surface area contributed by atoms with Crippen LogP contribution >= 0.6 is 23.2 Å². The smallest absolute Gasteiger partial charge is 0.160 e. The summed E-state index contributed by atoms with van der Waals surface area (Å²) in [5, 5.41) is 0.580. The molecule has 0 bridgehead atoms. The summed E-state index contributed by atoms with van der Waals surface area (Å²) in [6.45, 7) is 0.612. The molecule has 0 aromatic carbocycles. The fraction of sp³-hybridized carbons (Fsp3) is 0.308. The molecular formula is C13H13Cl2N5. The van der Waals surface area contributed by atoms with Gasteiger partial charge in [0, 0.05) is 37.9 Å². The summed E-state index contributed by atoms with van der Waals surface area (Å²) in [5.74, 6) is 2.35. The minimum atomic E-state index is 0.512. The number of aromatic nitrogens is 5. The van der Waals surface area contributed by atoms with Crippen LogP contribution in [-0.4, -0.2) is 30.0 Å². The van der Waals surface area contributed by atoms with Gasteiger partial charge in [0.1, 0.15) is 17.2 Å². The molecule has 3 heterocycles. The fourth-order valence-electron chi connectivity index (χ4n) is 2.17. The molecule has 0 spiro atoms. The van der Waals surface area contributed by atoms with E-state index in [9.17, 15) is 0 Å². The molecule has 0 aliphatic carbocycles. The monoisotopic (exact) mass is 309 g/mol. The second kappa shape index (κ2) is 5.42. The normalized spacial score (nSPS) is 11.3. The van der Waals surface area contributed by atoms with Crippen molar-refractivity contribution in [2.24, 2.45) is 7.05 Å². The van der Waals surface area contributed by atoms with E-state index in [1.165, 1.54) is 0 Å². The van der Waals surface area contributed by atoms with Crippen molar-refractivity contribution in [3.63, 3.8) is 0 Å². The zero-order chi connectivity index (χ0) is 14.1. The summed E-state index contributed by atoms with van der Waals surface area (Å²) in [7, 11) is 1.97. The maximum Gasteiger partial charge on any atom is 0.160 e. The van der Waals surface area contributed by atoms with Crippen molar-refractivity contribution < 1.29 is 0 Å². The highest BCUT2D eigenvalue weighted by molar-refractivity contribution is 6.31. The largest absolute Gasteiger partial charge is 0.337 e. The molecule has 0 saturated heterocycles. The summed E-state index contributed by atoms with van der Waals surface area (Å²) >= 11 is 11.8. The van der Waals surface area contributed by atoms with Gasteiger partial charge in [0.2, 0.25) is 0 Å². The lowest BCUT2D eigenvalue weighted by Crippen LogP contribution is -2.10. The zero-order valence-electron chi connectivity index (χ0n) is 10.9. The number of hydrogen-bond acceptors (Lipinski definition) is 3. The van der Waals surface area contributed by atoms with E-state index in [1.54, 1.807) is 12.4 Å². The van der Waals surface area contributed by atoms with Crippen LogP contribution in [0.1, 0.15) is 11.6 Å². The van der Waals surface area contributed by atoms with Gasteiger partial charge in [0.25, 0.3) is 0 Å². The van der Waals surface area contributed by atoms with Crippen molar-refractivity contribution in [3.05, 3.63) is 41.3 Å². The van der Waals surface area contributed by atoms with Gasteiger partial charge in [0.05, 0.1) is 11.6 Å². The van der Waals surface area contributed by atoms with E-state index in [1.807, 2.05) is 28.4 Å². The van der Waals surface area contributed by atoms with Gasteiger partial charge >= 0.3 is 0 Å². The first-order valence-corrected chi connectivity index (χ1v) is 7.13. The average Bonchev–Trinajstić information content (AvgIpc) is 2.96. The molecule has 0 aliphatic heterocycles. The predicted molar refractivity (Wildman–Crippen MR) is 79.3 cm³/mol. The van der Waals surface area contributed by atoms with Gasteiger partial charge in [0.15, 0.2) is 5.65 Å². The minimum absolute atomic E-state index is 0.512. The van der Waals surface area contributed by atoms with Crippen LogP contribution in [0.3, 0.4) is 0 Å². The first-order chi connectivity index (χ1) is 9.69. The third kappa shape index (κ3) is 2.39. The lowest BCUT2D eigenvalue weighted by molar-refractivity contribution is 0.678. The summed E-state index contributed by atoms with van der Waals surface area (Å²) in [6.07, 6.45) is 6.00. The van der Waals surface area contributed by atoms with E-state index in [0.717, 1.165) is 22.8 Å². The van der Waals surface area contributed by atoms with Crippen LogP contribution in [0.4, 0.5) is 0 Å². The number of nitrogens with zero attached hydrogens (tertiary/aromatic N) is 5. The van der Waals surface area contributed by atoms with Crippen LogP contribution in [0.2, 0.25) is 5.02 Å². The Labute approximate surface area is 126 Å². The number of alkyl halides is 1. The van der Waals surface area contributed by atoms with Gasteiger partial charge in [-0.15, -0.1) is 11.6 Å². The molecule has 0 saturated carbocycles. The van der Waals surface area contributed by atoms with Crippen molar-refractivity contribution in [1.29, 1.82) is 0 Å². The summed E-state index contributed by atoms with van der Waals surface area (Å²) in [5.41, 5.74) is 1.59. The van der Waals surface area contributed by atoms with Gasteiger partial charge in [-0.1, -0.05) is 11.6 Å². The molecule has 0 atom stereocenters. The minimum Gasteiger partial charge on any atom is -0.337 e. The number of fused-ring (bicyclic) bond motifs is 1. The van der Waals surface area contributed by atoms with Gasteiger partial charge < -0.3 is 9.13 Å². The Bertz CT molecular complexity index is 746. The zero-order valence-corrected chi connectivity index (χ0v) is 12.4. The van der Waals surface area contributed by atoms with Crippen molar-refractivity contribution in [2.75, 3.05) is 5.88 Å². The lowest BCUT2D eigenvalue weighted by atomic mass is 10.4. The van der Waals surface area contributed by atoms with E-state index in [2.05, 4.69) is 15.0 Å². The standard InChI is InChI=1S/C13H13Cl2N5/c1-19-5-4-16-12(19)8-20-11(2-3-14)18-10-6-9(15)7-17-13(10)20/h4-7H,2-3,8H2,1H3. The first kappa shape index (κ1) is 13.4. The lowest BCUT2D eigenvalue weighted by Gasteiger charge is -2.07. The molecule has 0 aliphatic rings. The van der Waals surface area contributed by atoms with Crippen molar-refractivity contribution in [3.8, 4) is 0 Å². The number of aryl methyl sites for hydroxylation is 2. The number of hydrogen-bond donors (Lipinski definition) is 0. The molecule has 0 amide bonds. The molecule has 5 nitrogen and oxygen atoms in total. The number of rotatable bonds is 4. The maximum absolute atomic E-state index is 5.97. The van der Waals surface area contributed by atoms with Crippen LogP contribution in [0.15, 0.2) is 24.7 Å². The molecule has 7 heteroatoms. The van der Waals surface area contributed by atoms with Gasteiger partial charge in [-0.3, -0.25) is 0 Å². The quantitative estimate of drug-likeness (QED) is 0.696. The van der Waals surface area contributed by atoms with E-state index < -0.39 is 0 Å². The van der Waals surface area contributed by atoms with Crippen LogP contribution in [0.25, 0.3) is 11.2 Å². The molecule has 0 N–H and O–H groups in total. The highest BCUT2D eigenvalue weighted by Gasteiger charge is 2.14. The molecule has 0 fully saturated rings. The van der Waals surface area contributed by atoms with Crippen molar-refractivity contribution >= 4 is 34.4 Å². The summed E-state index contributed by atoms with van der Waals surface area (Å²) in [4.78, 5) is 13.3. The molecule has 3 aromatic rings. The Kier molecular flexibility index (Phi) is 3.63. The average molecular weight is 310 g/mol. The second-order valence-corrected chi connectivity index (χ2v) is 5.32. The van der Waals surface area contributed by atoms with Crippen molar-refractivity contribution in [1.82, 2.24) is 24.1 Å². The molecular weight excluding hydrogens is 297 g/mol. The molecule has 3 aromatic heterocycles. The second-order valence-electron chi connectivity index (χ2n) is 4.50. The maximum atomic E-state index is 5.97. The Morgan fingerprint density at radius 2 is 2.10 bits per heavy atom.